The van der Waals surface area contributed by atoms with Crippen molar-refractivity contribution in [2.45, 2.75) is 19.3 Å². The van der Waals surface area contributed by atoms with Crippen LogP contribution >= 0.6 is 0 Å². The van der Waals surface area contributed by atoms with Gasteiger partial charge in [-0.05, 0) is 36.1 Å². The van der Waals surface area contributed by atoms with Gasteiger partial charge in [0.2, 0.25) is 0 Å². The van der Waals surface area contributed by atoms with E-state index in [2.05, 4.69) is 6.58 Å². The number of carbonyl (C=O) groups excluding carboxylic acids is 1. The summed E-state index contributed by atoms with van der Waals surface area (Å²) in [7, 11) is 1.60. The summed E-state index contributed by atoms with van der Waals surface area (Å²) < 4.78 is 5.17. The quantitative estimate of drug-likeness (QED) is 0.841. The molecule has 0 radical (unpaired) electrons. The van der Waals surface area contributed by atoms with Crippen molar-refractivity contribution in [2.24, 2.45) is 5.92 Å². The SMILES string of the molecule is C=C(CC1Cc2cc(OC)ccc2CC1=O)C(=O)O. The van der Waals surface area contributed by atoms with Crippen molar-refractivity contribution in [2.75, 3.05) is 7.11 Å². The van der Waals surface area contributed by atoms with E-state index in [1.165, 1.54) is 0 Å². The van der Waals surface area contributed by atoms with Crippen LogP contribution in [-0.2, 0) is 22.4 Å². The number of carboxylic acid groups (broad SMARTS) is 1. The first-order valence-corrected chi connectivity index (χ1v) is 6.11. The minimum absolute atomic E-state index is 0.0834. The van der Waals surface area contributed by atoms with Gasteiger partial charge in [-0.2, -0.15) is 0 Å². The number of methoxy groups -OCH3 is 1. The first-order chi connectivity index (χ1) is 9.01. The van der Waals surface area contributed by atoms with E-state index >= 15 is 0 Å². The molecule has 1 aliphatic rings. The van der Waals surface area contributed by atoms with E-state index in [-0.39, 0.29) is 23.7 Å². The topological polar surface area (TPSA) is 63.6 Å². The van der Waals surface area contributed by atoms with Crippen LogP contribution < -0.4 is 4.74 Å². The normalized spacial score (nSPS) is 17.7. The van der Waals surface area contributed by atoms with Gasteiger partial charge in [0.1, 0.15) is 11.5 Å². The van der Waals surface area contributed by atoms with E-state index < -0.39 is 5.97 Å². The Morgan fingerprint density at radius 3 is 2.84 bits per heavy atom. The summed E-state index contributed by atoms with van der Waals surface area (Å²) in [5.74, 6) is -0.489. The predicted octanol–water partition coefficient (Wildman–Crippen LogP) is 2.01. The summed E-state index contributed by atoms with van der Waals surface area (Å²) in [6.07, 6.45) is 1.12. The Hall–Kier alpha value is -2.10. The van der Waals surface area contributed by atoms with Gasteiger partial charge >= 0.3 is 5.97 Å². The highest BCUT2D eigenvalue weighted by atomic mass is 16.5. The van der Waals surface area contributed by atoms with Gasteiger partial charge in [-0.3, -0.25) is 4.79 Å². The Labute approximate surface area is 111 Å². The molecule has 4 nitrogen and oxygen atoms in total. The van der Waals surface area contributed by atoms with Crippen molar-refractivity contribution in [3.05, 3.63) is 41.5 Å². The number of carbonyl (C=O) groups is 2. The number of fused-ring (bicyclic) bond motifs is 1. The lowest BCUT2D eigenvalue weighted by Crippen LogP contribution is -2.26. The van der Waals surface area contributed by atoms with Crippen molar-refractivity contribution in [1.82, 2.24) is 0 Å². The van der Waals surface area contributed by atoms with Gasteiger partial charge in [0, 0.05) is 17.9 Å². The van der Waals surface area contributed by atoms with E-state index in [0.29, 0.717) is 12.8 Å². The average molecular weight is 260 g/mol. The third-order valence-corrected chi connectivity index (χ3v) is 3.50. The van der Waals surface area contributed by atoms with Crippen molar-refractivity contribution in [3.8, 4) is 5.75 Å². The first kappa shape index (κ1) is 13.3. The zero-order chi connectivity index (χ0) is 14.0. The van der Waals surface area contributed by atoms with Crippen LogP contribution in [0.2, 0.25) is 0 Å². The number of Topliss-reactive ketones (excluding diaryl/α,β-unsaturated/α-hetero) is 1. The maximum atomic E-state index is 12.0. The predicted molar refractivity (Wildman–Crippen MR) is 70.3 cm³/mol. The number of ether oxygens (including phenoxy) is 1. The average Bonchev–Trinajstić information content (AvgIpc) is 2.38. The number of carboxylic acids is 1. The fourth-order valence-electron chi connectivity index (χ4n) is 2.37. The molecule has 4 heteroatoms. The summed E-state index contributed by atoms with van der Waals surface area (Å²) in [4.78, 5) is 22.8. The second-order valence-electron chi connectivity index (χ2n) is 4.79. The highest BCUT2D eigenvalue weighted by Crippen LogP contribution is 2.29. The lowest BCUT2D eigenvalue weighted by molar-refractivity contribution is -0.133. The van der Waals surface area contributed by atoms with Crippen molar-refractivity contribution >= 4 is 11.8 Å². The van der Waals surface area contributed by atoms with Crippen LogP contribution in [0.1, 0.15) is 17.5 Å². The lowest BCUT2D eigenvalue weighted by Gasteiger charge is -2.23. The molecule has 0 amide bonds. The van der Waals surface area contributed by atoms with E-state index in [1.54, 1.807) is 7.11 Å². The third kappa shape index (κ3) is 2.84. The number of benzene rings is 1. The van der Waals surface area contributed by atoms with Gasteiger partial charge in [0.25, 0.3) is 0 Å². The van der Waals surface area contributed by atoms with Crippen LogP contribution in [0.25, 0.3) is 0 Å². The van der Waals surface area contributed by atoms with E-state index in [0.717, 1.165) is 16.9 Å². The molecule has 1 unspecified atom stereocenters. The Morgan fingerprint density at radius 1 is 1.47 bits per heavy atom. The van der Waals surface area contributed by atoms with E-state index in [4.69, 9.17) is 9.84 Å². The van der Waals surface area contributed by atoms with Crippen LogP contribution in [0, 0.1) is 5.92 Å². The molecule has 100 valence electrons. The Bertz CT molecular complexity index is 545. The second-order valence-corrected chi connectivity index (χ2v) is 4.79. The molecule has 0 saturated heterocycles. The zero-order valence-corrected chi connectivity index (χ0v) is 10.8. The minimum atomic E-state index is -1.04. The Kier molecular flexibility index (Phi) is 3.69. The third-order valence-electron chi connectivity index (χ3n) is 3.50. The summed E-state index contributed by atoms with van der Waals surface area (Å²) in [5, 5.41) is 8.85. The highest BCUT2D eigenvalue weighted by Gasteiger charge is 2.28. The van der Waals surface area contributed by atoms with Crippen LogP contribution in [-0.4, -0.2) is 24.0 Å². The number of hydrogen-bond acceptors (Lipinski definition) is 3. The molecular weight excluding hydrogens is 244 g/mol. The summed E-state index contributed by atoms with van der Waals surface area (Å²) in [6.45, 7) is 3.50. The number of hydrogen-bond donors (Lipinski definition) is 1. The fourth-order valence-corrected chi connectivity index (χ4v) is 2.37. The maximum Gasteiger partial charge on any atom is 0.330 e. The molecule has 19 heavy (non-hydrogen) atoms. The fraction of sp³-hybridized carbons (Fsp3) is 0.333. The number of ketones is 1. The van der Waals surface area contributed by atoms with Crippen LogP contribution in [0.4, 0.5) is 0 Å². The minimum Gasteiger partial charge on any atom is -0.497 e. The zero-order valence-electron chi connectivity index (χ0n) is 10.8. The first-order valence-electron chi connectivity index (χ1n) is 6.11. The smallest absolute Gasteiger partial charge is 0.330 e. The van der Waals surface area contributed by atoms with Gasteiger partial charge in [0.15, 0.2) is 0 Å². The van der Waals surface area contributed by atoms with Gasteiger partial charge in [-0.15, -0.1) is 0 Å². The van der Waals surface area contributed by atoms with Gasteiger partial charge in [-0.25, -0.2) is 4.79 Å². The Balaban J connectivity index is 2.20. The Morgan fingerprint density at radius 2 is 2.21 bits per heavy atom. The molecule has 1 aromatic rings. The molecule has 0 spiro atoms. The molecule has 0 fully saturated rings. The lowest BCUT2D eigenvalue weighted by atomic mass is 9.80. The molecule has 0 bridgehead atoms. The standard InChI is InChI=1S/C15H16O4/c1-9(15(17)18)5-12-6-11-7-13(19-2)4-3-10(11)8-14(12)16/h3-4,7,12H,1,5-6,8H2,2H3,(H,17,18). The van der Waals surface area contributed by atoms with Crippen LogP contribution in [0.5, 0.6) is 5.75 Å². The summed E-state index contributed by atoms with van der Waals surface area (Å²) >= 11 is 0. The monoisotopic (exact) mass is 260 g/mol. The molecule has 0 saturated carbocycles. The molecule has 0 heterocycles. The van der Waals surface area contributed by atoms with Gasteiger partial charge < -0.3 is 9.84 Å². The van der Waals surface area contributed by atoms with Crippen molar-refractivity contribution < 1.29 is 19.4 Å². The molecule has 2 rings (SSSR count). The molecule has 0 aromatic heterocycles. The van der Waals surface area contributed by atoms with Crippen molar-refractivity contribution in [3.63, 3.8) is 0 Å². The molecule has 1 N–H and O–H groups in total. The molecule has 1 aromatic carbocycles. The van der Waals surface area contributed by atoms with Gasteiger partial charge in [-0.1, -0.05) is 12.6 Å². The number of aliphatic carboxylic acids is 1. The highest BCUT2D eigenvalue weighted by molar-refractivity contribution is 5.90. The summed E-state index contributed by atoms with van der Waals surface area (Å²) in [5.41, 5.74) is 2.15. The van der Waals surface area contributed by atoms with E-state index in [9.17, 15) is 9.59 Å². The van der Waals surface area contributed by atoms with Crippen LogP contribution in [0.3, 0.4) is 0 Å². The second kappa shape index (κ2) is 5.26. The summed E-state index contributed by atoms with van der Waals surface area (Å²) in [6, 6.07) is 5.65. The maximum absolute atomic E-state index is 12.0. The van der Waals surface area contributed by atoms with Gasteiger partial charge in [0.05, 0.1) is 7.11 Å². The molecule has 0 aliphatic heterocycles. The largest absolute Gasteiger partial charge is 0.497 e. The van der Waals surface area contributed by atoms with Crippen LogP contribution in [0.15, 0.2) is 30.4 Å². The van der Waals surface area contributed by atoms with Crippen molar-refractivity contribution in [1.29, 1.82) is 0 Å². The molecular formula is C15H16O4. The molecule has 1 atom stereocenters. The molecule has 1 aliphatic carbocycles. The van der Waals surface area contributed by atoms with E-state index in [1.807, 2.05) is 18.2 Å². The number of rotatable bonds is 4.